The first-order valence-electron chi connectivity index (χ1n) is 5.77. The standard InChI is InChI=1S/C13H11F2N3O2/c14-13(15)10-3-1-9(2-4-10)7-16-12-6-5-11(8-17-12)18(19)20/h1-6,8,13H,7H2,(H,16,17). The Hall–Kier alpha value is -2.57. The average molecular weight is 279 g/mol. The van der Waals surface area contributed by atoms with Crippen LogP contribution in [-0.2, 0) is 6.54 Å². The summed E-state index contributed by atoms with van der Waals surface area (Å²) in [6, 6.07) is 8.76. The minimum atomic E-state index is -2.48. The fraction of sp³-hybridized carbons (Fsp3) is 0.154. The van der Waals surface area contributed by atoms with Crippen LogP contribution in [0.25, 0.3) is 0 Å². The molecule has 0 atom stereocenters. The maximum Gasteiger partial charge on any atom is 0.287 e. The Morgan fingerprint density at radius 3 is 2.40 bits per heavy atom. The Labute approximate surface area is 113 Å². The van der Waals surface area contributed by atoms with E-state index in [1.807, 2.05) is 0 Å². The highest BCUT2D eigenvalue weighted by Gasteiger charge is 2.07. The Bertz CT molecular complexity index is 586. The summed E-state index contributed by atoms with van der Waals surface area (Å²) < 4.78 is 24.7. The van der Waals surface area contributed by atoms with Crippen molar-refractivity contribution in [2.24, 2.45) is 0 Å². The van der Waals surface area contributed by atoms with Crippen molar-refractivity contribution in [3.63, 3.8) is 0 Å². The van der Waals surface area contributed by atoms with E-state index in [0.29, 0.717) is 12.4 Å². The maximum absolute atomic E-state index is 12.4. The van der Waals surface area contributed by atoms with Crippen LogP contribution in [0.3, 0.4) is 0 Å². The van der Waals surface area contributed by atoms with E-state index in [0.717, 1.165) is 11.8 Å². The van der Waals surface area contributed by atoms with Crippen molar-refractivity contribution in [2.45, 2.75) is 13.0 Å². The third kappa shape index (κ3) is 3.47. The number of alkyl halides is 2. The average Bonchev–Trinajstić information content (AvgIpc) is 2.46. The summed E-state index contributed by atoms with van der Waals surface area (Å²) in [6.45, 7) is 0.397. The van der Waals surface area contributed by atoms with Gasteiger partial charge in [0.1, 0.15) is 12.0 Å². The van der Waals surface area contributed by atoms with Crippen LogP contribution < -0.4 is 5.32 Å². The Morgan fingerprint density at radius 2 is 1.90 bits per heavy atom. The molecule has 0 fully saturated rings. The van der Waals surface area contributed by atoms with Crippen molar-refractivity contribution < 1.29 is 13.7 Å². The normalized spacial score (nSPS) is 10.6. The highest BCUT2D eigenvalue weighted by atomic mass is 19.3. The van der Waals surface area contributed by atoms with Crippen molar-refractivity contribution in [3.8, 4) is 0 Å². The van der Waals surface area contributed by atoms with E-state index in [-0.39, 0.29) is 11.3 Å². The number of hydrogen-bond donors (Lipinski definition) is 1. The van der Waals surface area contributed by atoms with E-state index < -0.39 is 11.3 Å². The summed E-state index contributed by atoms with van der Waals surface area (Å²) in [4.78, 5) is 13.8. The molecule has 104 valence electrons. The van der Waals surface area contributed by atoms with Gasteiger partial charge in [0.25, 0.3) is 12.1 Å². The first-order valence-corrected chi connectivity index (χ1v) is 5.77. The van der Waals surface area contributed by atoms with E-state index in [4.69, 9.17) is 0 Å². The summed E-state index contributed by atoms with van der Waals surface area (Å²) in [5, 5.41) is 13.4. The van der Waals surface area contributed by atoms with Gasteiger partial charge in [0.15, 0.2) is 0 Å². The largest absolute Gasteiger partial charge is 0.366 e. The van der Waals surface area contributed by atoms with Crippen LogP contribution in [-0.4, -0.2) is 9.91 Å². The topological polar surface area (TPSA) is 68.1 Å². The van der Waals surface area contributed by atoms with E-state index in [1.54, 1.807) is 12.1 Å². The Kier molecular flexibility index (Phi) is 4.19. The molecule has 0 amide bonds. The lowest BCUT2D eigenvalue weighted by atomic mass is 10.1. The zero-order chi connectivity index (χ0) is 14.5. The van der Waals surface area contributed by atoms with Gasteiger partial charge in [0, 0.05) is 18.2 Å². The summed E-state index contributed by atoms with van der Waals surface area (Å²) >= 11 is 0. The molecule has 5 nitrogen and oxygen atoms in total. The van der Waals surface area contributed by atoms with Gasteiger partial charge in [-0.15, -0.1) is 0 Å². The smallest absolute Gasteiger partial charge is 0.287 e. The lowest BCUT2D eigenvalue weighted by Crippen LogP contribution is -2.01. The van der Waals surface area contributed by atoms with Crippen LogP contribution in [0.4, 0.5) is 20.3 Å². The molecule has 20 heavy (non-hydrogen) atoms. The molecule has 1 heterocycles. The fourth-order valence-corrected chi connectivity index (χ4v) is 1.57. The van der Waals surface area contributed by atoms with Gasteiger partial charge in [-0.25, -0.2) is 13.8 Å². The van der Waals surface area contributed by atoms with Gasteiger partial charge in [-0.3, -0.25) is 10.1 Å². The van der Waals surface area contributed by atoms with E-state index in [1.165, 1.54) is 24.3 Å². The van der Waals surface area contributed by atoms with Gasteiger partial charge < -0.3 is 5.32 Å². The molecule has 0 saturated heterocycles. The number of nitrogens with one attached hydrogen (secondary N) is 1. The number of nitro groups is 1. The van der Waals surface area contributed by atoms with E-state index >= 15 is 0 Å². The predicted octanol–water partition coefficient (Wildman–Crippen LogP) is 3.54. The van der Waals surface area contributed by atoms with E-state index in [2.05, 4.69) is 10.3 Å². The van der Waals surface area contributed by atoms with Crippen molar-refractivity contribution in [1.29, 1.82) is 0 Å². The van der Waals surface area contributed by atoms with E-state index in [9.17, 15) is 18.9 Å². The quantitative estimate of drug-likeness (QED) is 0.671. The second-order valence-electron chi connectivity index (χ2n) is 4.05. The molecule has 0 saturated carbocycles. The molecule has 0 radical (unpaired) electrons. The summed E-state index contributed by atoms with van der Waals surface area (Å²) in [5.74, 6) is 0.480. The zero-order valence-electron chi connectivity index (χ0n) is 10.3. The van der Waals surface area contributed by atoms with Crippen LogP contribution in [0.1, 0.15) is 17.6 Å². The SMILES string of the molecule is O=[N+]([O-])c1ccc(NCc2ccc(C(F)F)cc2)nc1. The third-order valence-electron chi connectivity index (χ3n) is 2.66. The van der Waals surface area contributed by atoms with Crippen molar-refractivity contribution in [1.82, 2.24) is 4.98 Å². The second kappa shape index (κ2) is 6.05. The maximum atomic E-state index is 12.4. The minimum Gasteiger partial charge on any atom is -0.366 e. The molecule has 1 N–H and O–H groups in total. The Morgan fingerprint density at radius 1 is 1.20 bits per heavy atom. The molecule has 0 aliphatic rings. The Balaban J connectivity index is 1.96. The predicted molar refractivity (Wildman–Crippen MR) is 69.6 cm³/mol. The molecule has 0 aliphatic heterocycles. The number of pyridine rings is 1. The minimum absolute atomic E-state index is 0.0257. The lowest BCUT2D eigenvalue weighted by Gasteiger charge is -2.06. The van der Waals surface area contributed by atoms with Crippen LogP contribution in [0, 0.1) is 10.1 Å². The molecule has 0 aliphatic carbocycles. The van der Waals surface area contributed by atoms with Gasteiger partial charge in [0.2, 0.25) is 0 Å². The highest BCUT2D eigenvalue weighted by Crippen LogP contribution is 2.19. The van der Waals surface area contributed by atoms with Crippen LogP contribution >= 0.6 is 0 Å². The van der Waals surface area contributed by atoms with Gasteiger partial charge in [0.05, 0.1) is 4.92 Å². The van der Waals surface area contributed by atoms with Gasteiger partial charge in [-0.05, 0) is 11.6 Å². The number of rotatable bonds is 5. The molecule has 0 spiro atoms. The first-order chi connectivity index (χ1) is 9.56. The molecular formula is C13H11F2N3O2. The monoisotopic (exact) mass is 279 g/mol. The number of benzene rings is 1. The summed E-state index contributed by atoms with van der Waals surface area (Å²) in [6.07, 6.45) is -1.32. The third-order valence-corrected chi connectivity index (χ3v) is 2.66. The van der Waals surface area contributed by atoms with Crippen LogP contribution in [0.5, 0.6) is 0 Å². The molecule has 7 heteroatoms. The number of nitrogens with zero attached hydrogens (tertiary/aromatic N) is 2. The van der Waals surface area contributed by atoms with Crippen molar-refractivity contribution in [2.75, 3.05) is 5.32 Å². The lowest BCUT2D eigenvalue weighted by molar-refractivity contribution is -0.385. The summed E-state index contributed by atoms with van der Waals surface area (Å²) in [5.41, 5.74) is 0.702. The van der Waals surface area contributed by atoms with Crippen LogP contribution in [0.15, 0.2) is 42.6 Å². The highest BCUT2D eigenvalue weighted by molar-refractivity contribution is 5.40. The zero-order valence-corrected chi connectivity index (χ0v) is 10.3. The fourth-order valence-electron chi connectivity index (χ4n) is 1.57. The van der Waals surface area contributed by atoms with Gasteiger partial charge in [-0.2, -0.15) is 0 Å². The molecule has 0 unspecified atom stereocenters. The number of hydrogen-bond acceptors (Lipinski definition) is 4. The van der Waals surface area contributed by atoms with Gasteiger partial charge >= 0.3 is 0 Å². The molecule has 2 rings (SSSR count). The molecular weight excluding hydrogens is 268 g/mol. The van der Waals surface area contributed by atoms with Crippen LogP contribution in [0.2, 0.25) is 0 Å². The van der Waals surface area contributed by atoms with Gasteiger partial charge in [-0.1, -0.05) is 24.3 Å². The molecule has 2 aromatic rings. The number of aromatic nitrogens is 1. The van der Waals surface area contributed by atoms with Crippen molar-refractivity contribution >= 4 is 11.5 Å². The number of anilines is 1. The summed E-state index contributed by atoms with van der Waals surface area (Å²) in [7, 11) is 0. The molecule has 1 aromatic heterocycles. The molecule has 0 bridgehead atoms. The molecule has 1 aromatic carbocycles. The number of halogens is 2. The second-order valence-corrected chi connectivity index (χ2v) is 4.05. The first kappa shape index (κ1) is 13.9. The van der Waals surface area contributed by atoms with Crippen molar-refractivity contribution in [3.05, 3.63) is 63.8 Å².